The maximum atomic E-state index is 2.48. The van der Waals surface area contributed by atoms with E-state index in [0.29, 0.717) is 6.04 Å². The van der Waals surface area contributed by atoms with Gasteiger partial charge in [-0.3, -0.25) is 0 Å². The highest BCUT2D eigenvalue weighted by Crippen LogP contribution is 2.21. The summed E-state index contributed by atoms with van der Waals surface area (Å²) in [6.45, 7) is 3.31. The van der Waals surface area contributed by atoms with Crippen LogP contribution in [-0.4, -0.2) is 17.5 Å². The third-order valence-electron chi connectivity index (χ3n) is 3.01. The zero-order chi connectivity index (χ0) is 10.5. The van der Waals surface area contributed by atoms with E-state index in [9.17, 15) is 0 Å². The minimum absolute atomic E-state index is 0.550. The highest BCUT2D eigenvalue weighted by Gasteiger charge is 2.15. The lowest BCUT2D eigenvalue weighted by molar-refractivity contribution is 0.313. The van der Waals surface area contributed by atoms with Crippen molar-refractivity contribution < 1.29 is 0 Å². The average molecular weight is 201 g/mol. The first-order valence-corrected chi connectivity index (χ1v) is 5.88. The summed E-state index contributed by atoms with van der Waals surface area (Å²) in [7, 11) is 0. The molecule has 0 heterocycles. The predicted molar refractivity (Wildman–Crippen MR) is 65.5 cm³/mol. The number of nitrogens with zero attached hydrogens (tertiary/aromatic N) is 1. The molecule has 0 bridgehead atoms. The molecule has 2 rings (SSSR count). The van der Waals surface area contributed by atoms with Gasteiger partial charge < -0.3 is 4.90 Å². The molecular formula is C14H19N. The van der Waals surface area contributed by atoms with Crippen LogP contribution in [0.2, 0.25) is 0 Å². The number of hydrogen-bond acceptors (Lipinski definition) is 1. The van der Waals surface area contributed by atoms with Crippen molar-refractivity contribution in [3.63, 3.8) is 0 Å². The van der Waals surface area contributed by atoms with Crippen molar-refractivity contribution in [2.75, 3.05) is 6.54 Å². The maximum absolute atomic E-state index is 2.48. The molecule has 1 heteroatoms. The van der Waals surface area contributed by atoms with Crippen LogP contribution in [0, 0.1) is 0 Å². The van der Waals surface area contributed by atoms with Gasteiger partial charge in [0.05, 0.1) is 6.04 Å². The molecule has 0 aromatic carbocycles. The fourth-order valence-corrected chi connectivity index (χ4v) is 2.22. The first kappa shape index (κ1) is 10.3. The smallest absolute Gasteiger partial charge is 0.0510 e. The molecule has 0 amide bonds. The van der Waals surface area contributed by atoms with E-state index in [0.717, 1.165) is 13.0 Å². The largest absolute Gasteiger partial charge is 0.365 e. The zero-order valence-electron chi connectivity index (χ0n) is 9.39. The number of hydrogen-bond donors (Lipinski definition) is 0. The van der Waals surface area contributed by atoms with Crippen molar-refractivity contribution >= 4 is 0 Å². The van der Waals surface area contributed by atoms with E-state index in [-0.39, 0.29) is 0 Å². The SMILES string of the molecule is CCN(C1=CCCC=C1)C1C=CC=CC1. The summed E-state index contributed by atoms with van der Waals surface area (Å²) in [4.78, 5) is 2.48. The first-order valence-electron chi connectivity index (χ1n) is 5.88. The van der Waals surface area contributed by atoms with Crippen LogP contribution in [0.3, 0.4) is 0 Å². The van der Waals surface area contributed by atoms with Gasteiger partial charge in [0, 0.05) is 12.2 Å². The summed E-state index contributed by atoms with van der Waals surface area (Å²) in [5.41, 5.74) is 1.40. The van der Waals surface area contributed by atoms with Crippen LogP contribution >= 0.6 is 0 Å². The second kappa shape index (κ2) is 5.01. The van der Waals surface area contributed by atoms with Gasteiger partial charge >= 0.3 is 0 Å². The lowest BCUT2D eigenvalue weighted by Gasteiger charge is -2.33. The fraction of sp³-hybridized carbons (Fsp3) is 0.429. The first-order chi connectivity index (χ1) is 7.42. The highest BCUT2D eigenvalue weighted by molar-refractivity contribution is 5.25. The summed E-state index contributed by atoms with van der Waals surface area (Å²) >= 11 is 0. The van der Waals surface area contributed by atoms with Crippen molar-refractivity contribution in [3.05, 3.63) is 48.2 Å². The molecule has 1 atom stereocenters. The molecule has 0 spiro atoms. The van der Waals surface area contributed by atoms with Gasteiger partial charge in [0.15, 0.2) is 0 Å². The third kappa shape index (κ3) is 2.41. The molecule has 80 valence electrons. The molecule has 2 aliphatic rings. The Bertz CT molecular complexity index is 320. The molecule has 0 radical (unpaired) electrons. The van der Waals surface area contributed by atoms with E-state index in [2.05, 4.69) is 54.4 Å². The lowest BCUT2D eigenvalue weighted by Crippen LogP contribution is -2.33. The minimum atomic E-state index is 0.550. The van der Waals surface area contributed by atoms with Gasteiger partial charge in [-0.1, -0.05) is 36.5 Å². The second-order valence-corrected chi connectivity index (χ2v) is 4.01. The molecule has 1 unspecified atom stereocenters. The third-order valence-corrected chi connectivity index (χ3v) is 3.01. The molecular weight excluding hydrogens is 182 g/mol. The minimum Gasteiger partial charge on any atom is -0.365 e. The fourth-order valence-electron chi connectivity index (χ4n) is 2.22. The molecule has 0 saturated heterocycles. The summed E-state index contributed by atoms with van der Waals surface area (Å²) in [5.74, 6) is 0. The second-order valence-electron chi connectivity index (χ2n) is 4.01. The van der Waals surface area contributed by atoms with Crippen molar-refractivity contribution in [3.8, 4) is 0 Å². The predicted octanol–water partition coefficient (Wildman–Crippen LogP) is 3.43. The maximum Gasteiger partial charge on any atom is 0.0510 e. The number of likely N-dealkylation sites (N-methyl/N-ethyl adjacent to an activating group) is 1. The van der Waals surface area contributed by atoms with E-state index >= 15 is 0 Å². The van der Waals surface area contributed by atoms with Crippen LogP contribution in [0.15, 0.2) is 48.2 Å². The molecule has 0 aliphatic heterocycles. The van der Waals surface area contributed by atoms with Gasteiger partial charge in [-0.25, -0.2) is 0 Å². The standard InChI is InChI=1S/C14H19N/c1-2-15(13-9-5-3-6-10-13)14-11-7-4-8-12-14/h3,5-7,9,11-13H,2,4,8,10H2,1H3. The quantitative estimate of drug-likeness (QED) is 0.676. The summed E-state index contributed by atoms with van der Waals surface area (Å²) in [6, 6.07) is 0.550. The topological polar surface area (TPSA) is 3.24 Å². The molecule has 0 saturated carbocycles. The normalized spacial score (nSPS) is 24.1. The van der Waals surface area contributed by atoms with Crippen molar-refractivity contribution in [2.45, 2.75) is 32.2 Å². The summed E-state index contributed by atoms with van der Waals surface area (Å²) < 4.78 is 0. The van der Waals surface area contributed by atoms with E-state index < -0.39 is 0 Å². The van der Waals surface area contributed by atoms with Gasteiger partial charge in [-0.15, -0.1) is 0 Å². The van der Waals surface area contributed by atoms with Gasteiger partial charge in [0.1, 0.15) is 0 Å². The zero-order valence-corrected chi connectivity index (χ0v) is 9.39. The Labute approximate surface area is 92.5 Å². The number of allylic oxidation sites excluding steroid dienone is 5. The molecule has 0 N–H and O–H groups in total. The van der Waals surface area contributed by atoms with Crippen LogP contribution in [-0.2, 0) is 0 Å². The molecule has 15 heavy (non-hydrogen) atoms. The average Bonchev–Trinajstić information content (AvgIpc) is 2.33. The van der Waals surface area contributed by atoms with E-state index in [1.54, 1.807) is 0 Å². The van der Waals surface area contributed by atoms with Crippen molar-refractivity contribution in [2.24, 2.45) is 0 Å². The van der Waals surface area contributed by atoms with Gasteiger partial charge in [0.25, 0.3) is 0 Å². The number of rotatable bonds is 3. The van der Waals surface area contributed by atoms with Crippen LogP contribution in [0.5, 0.6) is 0 Å². The van der Waals surface area contributed by atoms with Crippen molar-refractivity contribution in [1.29, 1.82) is 0 Å². The Balaban J connectivity index is 2.09. The van der Waals surface area contributed by atoms with Crippen LogP contribution in [0.4, 0.5) is 0 Å². The summed E-state index contributed by atoms with van der Waals surface area (Å²) in [5, 5.41) is 0. The molecule has 0 fully saturated rings. The van der Waals surface area contributed by atoms with Gasteiger partial charge in [-0.2, -0.15) is 0 Å². The molecule has 1 nitrogen and oxygen atoms in total. The Morgan fingerprint density at radius 2 is 2.20 bits per heavy atom. The molecule has 0 aromatic heterocycles. The van der Waals surface area contributed by atoms with Gasteiger partial charge in [-0.05, 0) is 32.3 Å². The Morgan fingerprint density at radius 1 is 1.27 bits per heavy atom. The summed E-state index contributed by atoms with van der Waals surface area (Å²) in [6.07, 6.45) is 19.3. The highest BCUT2D eigenvalue weighted by atomic mass is 15.2. The Morgan fingerprint density at radius 3 is 2.80 bits per heavy atom. The molecule has 0 aromatic rings. The van der Waals surface area contributed by atoms with E-state index in [1.165, 1.54) is 18.5 Å². The van der Waals surface area contributed by atoms with E-state index in [4.69, 9.17) is 0 Å². The van der Waals surface area contributed by atoms with Crippen LogP contribution in [0.1, 0.15) is 26.2 Å². The van der Waals surface area contributed by atoms with Crippen LogP contribution in [0.25, 0.3) is 0 Å². The Hall–Kier alpha value is -1.24. The monoisotopic (exact) mass is 201 g/mol. The molecule has 2 aliphatic carbocycles. The Kier molecular flexibility index (Phi) is 3.44. The van der Waals surface area contributed by atoms with Crippen LogP contribution < -0.4 is 0 Å². The lowest BCUT2D eigenvalue weighted by atomic mass is 10.0. The van der Waals surface area contributed by atoms with Crippen molar-refractivity contribution in [1.82, 2.24) is 4.90 Å². The van der Waals surface area contributed by atoms with E-state index in [1.807, 2.05) is 0 Å². The van der Waals surface area contributed by atoms with Gasteiger partial charge in [0.2, 0.25) is 0 Å².